The Hall–Kier alpha value is -0.293. The highest BCUT2D eigenvalue weighted by Gasteiger charge is 2.64. The number of fused-ring (bicyclic) bond motifs is 5. The number of carbonyl (C=O) groups excluding carboxylic acids is 2. The number of rotatable bonds is 11. The molecule has 0 spiro atoms. The average Bonchev–Trinajstić information content (AvgIpc) is 3.19. The summed E-state index contributed by atoms with van der Waals surface area (Å²) in [6.07, 6.45) is 11.5. The van der Waals surface area contributed by atoms with Crippen molar-refractivity contribution in [3.05, 3.63) is 0 Å². The zero-order valence-electron chi connectivity index (χ0n) is 30.2. The van der Waals surface area contributed by atoms with Gasteiger partial charge in [0.1, 0.15) is 5.78 Å². The molecule has 0 aliphatic heterocycles. The maximum absolute atomic E-state index is 14.1. The quantitative estimate of drug-likeness (QED) is 0.127. The predicted molar refractivity (Wildman–Crippen MR) is 186 cm³/mol. The van der Waals surface area contributed by atoms with E-state index < -0.39 is 8.32 Å². The monoisotopic (exact) mass is 650 g/mol. The fraction of sp³-hybridized carbons (Fsp3) is 0.946. The van der Waals surface area contributed by atoms with E-state index in [1.807, 2.05) is 0 Å². The van der Waals surface area contributed by atoms with Gasteiger partial charge >= 0.3 is 5.97 Å². The minimum atomic E-state index is -1.78. The lowest BCUT2D eigenvalue weighted by molar-refractivity contribution is -0.146. The third kappa shape index (κ3) is 7.09. The van der Waals surface area contributed by atoms with Crippen molar-refractivity contribution in [3.63, 3.8) is 0 Å². The standard InChI is InChI=1S/C37H67O5PSi/c1-23(2)26(16-19-40-25(4)38)20-33(41-43)24(3)31-22-32(39)34-29-13-12-27-21-28(42-44(10,11)35(5,6)7)14-17-36(27,8)30(29)15-18-37(31,34)9/h23-24,26-31,33-34H,12-22,43H2,1-11H3/t24?,26?,27?,28?,29?,30?,31?,33?,34?,36-,37+/m0/s1. The van der Waals surface area contributed by atoms with E-state index in [1.54, 1.807) is 0 Å². The van der Waals surface area contributed by atoms with Crippen LogP contribution < -0.4 is 0 Å². The van der Waals surface area contributed by atoms with Crippen molar-refractivity contribution < 1.29 is 23.3 Å². The molecule has 4 fully saturated rings. The van der Waals surface area contributed by atoms with Crippen LogP contribution in [-0.4, -0.2) is 38.9 Å². The third-order valence-electron chi connectivity index (χ3n) is 14.4. The number of Topliss-reactive ketones (excluding diaryl/α,β-unsaturated/α-hetero) is 1. The van der Waals surface area contributed by atoms with E-state index in [4.69, 9.17) is 13.7 Å². The molecule has 12 atom stereocenters. The molecule has 0 amide bonds. The molecule has 4 aliphatic rings. The van der Waals surface area contributed by atoms with E-state index in [-0.39, 0.29) is 28.4 Å². The van der Waals surface area contributed by atoms with Crippen LogP contribution in [0.1, 0.15) is 127 Å². The summed E-state index contributed by atoms with van der Waals surface area (Å²) < 4.78 is 18.4. The number of hydrogen-bond donors (Lipinski definition) is 0. The lowest BCUT2D eigenvalue weighted by Crippen LogP contribution is -2.56. The molecule has 0 N–H and O–H groups in total. The molecular formula is C37H67O5PSi. The first-order valence-electron chi connectivity index (χ1n) is 18.0. The summed E-state index contributed by atoms with van der Waals surface area (Å²) in [4.78, 5) is 25.5. The Kier molecular flexibility index (Phi) is 11.4. The molecule has 0 aromatic rings. The van der Waals surface area contributed by atoms with E-state index in [0.29, 0.717) is 65.8 Å². The summed E-state index contributed by atoms with van der Waals surface area (Å²) >= 11 is 0. The first-order valence-corrected chi connectivity index (χ1v) is 21.4. The third-order valence-corrected chi connectivity index (χ3v) is 19.3. The van der Waals surface area contributed by atoms with Crippen LogP contribution in [0, 0.1) is 58.2 Å². The van der Waals surface area contributed by atoms with Crippen LogP contribution in [0.2, 0.25) is 18.1 Å². The Labute approximate surface area is 273 Å². The minimum absolute atomic E-state index is 0.0516. The molecule has 254 valence electrons. The van der Waals surface area contributed by atoms with Crippen molar-refractivity contribution in [1.29, 1.82) is 0 Å². The Morgan fingerprint density at radius 3 is 2.30 bits per heavy atom. The molecule has 10 unspecified atom stereocenters. The molecule has 0 aromatic carbocycles. The lowest BCUT2D eigenvalue weighted by Gasteiger charge is -2.61. The summed E-state index contributed by atoms with van der Waals surface area (Å²) in [5.41, 5.74) is 0.385. The maximum Gasteiger partial charge on any atom is 0.302 e. The first kappa shape index (κ1) is 36.5. The topological polar surface area (TPSA) is 61.8 Å². The Bertz CT molecular complexity index is 1020. The Morgan fingerprint density at radius 1 is 1.05 bits per heavy atom. The van der Waals surface area contributed by atoms with Crippen molar-refractivity contribution in [3.8, 4) is 0 Å². The SMILES string of the molecule is CC(=O)OCCC(CC(OP)C(C)C1CC(=O)C2C3CCC4CC(O[Si](C)(C)C(C)(C)C)CC[C@]4(C)C3CC[C@]12C)C(C)C. The van der Waals surface area contributed by atoms with Crippen molar-refractivity contribution in [2.45, 2.75) is 157 Å². The highest BCUT2D eigenvalue weighted by atomic mass is 31.0. The van der Waals surface area contributed by atoms with Crippen molar-refractivity contribution in [2.24, 2.45) is 58.2 Å². The molecule has 4 saturated carbocycles. The average molecular weight is 651 g/mol. The molecule has 4 rings (SSSR count). The van der Waals surface area contributed by atoms with Crippen LogP contribution in [0.5, 0.6) is 0 Å². The second-order valence-corrected chi connectivity index (χ2v) is 23.1. The van der Waals surface area contributed by atoms with Gasteiger partial charge in [-0.15, -0.1) is 0 Å². The zero-order valence-corrected chi connectivity index (χ0v) is 32.3. The molecule has 0 saturated heterocycles. The van der Waals surface area contributed by atoms with Crippen LogP contribution in [-0.2, 0) is 23.3 Å². The lowest BCUT2D eigenvalue weighted by atomic mass is 9.44. The van der Waals surface area contributed by atoms with Gasteiger partial charge in [-0.1, -0.05) is 55.4 Å². The minimum Gasteiger partial charge on any atom is -0.466 e. The number of hydrogen-bond acceptors (Lipinski definition) is 5. The maximum atomic E-state index is 14.1. The highest BCUT2D eigenvalue weighted by Crippen LogP contribution is 2.68. The normalized spacial score (nSPS) is 38.0. The molecule has 0 aromatic heterocycles. The van der Waals surface area contributed by atoms with Gasteiger partial charge in [-0.25, -0.2) is 0 Å². The van der Waals surface area contributed by atoms with Crippen molar-refractivity contribution in [2.75, 3.05) is 6.61 Å². The summed E-state index contributed by atoms with van der Waals surface area (Å²) in [6.45, 7) is 25.7. The van der Waals surface area contributed by atoms with Gasteiger partial charge in [-0.3, -0.25) is 9.59 Å². The van der Waals surface area contributed by atoms with Crippen LogP contribution in [0.25, 0.3) is 0 Å². The molecular weight excluding hydrogens is 583 g/mol. The zero-order chi connectivity index (χ0) is 32.8. The number of esters is 1. The van der Waals surface area contributed by atoms with Crippen LogP contribution in [0.3, 0.4) is 0 Å². The van der Waals surface area contributed by atoms with Gasteiger partial charge in [0.25, 0.3) is 0 Å². The Morgan fingerprint density at radius 2 is 1.70 bits per heavy atom. The number of carbonyl (C=O) groups is 2. The van der Waals surface area contributed by atoms with Gasteiger partial charge in [-0.2, -0.15) is 0 Å². The molecule has 44 heavy (non-hydrogen) atoms. The molecule has 7 heteroatoms. The fourth-order valence-corrected chi connectivity index (χ4v) is 12.3. The van der Waals surface area contributed by atoms with Gasteiger partial charge in [0.05, 0.1) is 12.7 Å². The van der Waals surface area contributed by atoms with E-state index in [9.17, 15) is 9.59 Å². The molecule has 0 bridgehead atoms. The van der Waals surface area contributed by atoms with E-state index in [2.05, 4.69) is 78.0 Å². The van der Waals surface area contributed by atoms with Crippen LogP contribution in [0.15, 0.2) is 0 Å². The van der Waals surface area contributed by atoms with Gasteiger partial charge in [-0.05, 0) is 128 Å². The van der Waals surface area contributed by atoms with Crippen molar-refractivity contribution in [1.82, 2.24) is 0 Å². The van der Waals surface area contributed by atoms with Crippen LogP contribution >= 0.6 is 9.47 Å². The summed E-state index contributed by atoms with van der Waals surface area (Å²) in [5.74, 6) is 3.96. The van der Waals surface area contributed by atoms with Gasteiger partial charge in [0.15, 0.2) is 8.32 Å². The fourth-order valence-electron chi connectivity index (χ4n) is 10.6. The van der Waals surface area contributed by atoms with Gasteiger partial charge < -0.3 is 13.7 Å². The number of ketones is 1. The summed E-state index contributed by atoms with van der Waals surface area (Å²) in [5, 5.41) is 0.246. The second kappa shape index (κ2) is 13.7. The van der Waals surface area contributed by atoms with Crippen LogP contribution in [0.4, 0.5) is 0 Å². The summed E-state index contributed by atoms with van der Waals surface area (Å²) in [6, 6.07) is 0. The second-order valence-electron chi connectivity index (χ2n) is 18.0. The predicted octanol–water partition coefficient (Wildman–Crippen LogP) is 9.64. The summed E-state index contributed by atoms with van der Waals surface area (Å²) in [7, 11) is 0.764. The largest absolute Gasteiger partial charge is 0.466 e. The van der Waals surface area contributed by atoms with E-state index >= 15 is 0 Å². The van der Waals surface area contributed by atoms with Gasteiger partial charge in [0, 0.05) is 34.8 Å². The first-order chi connectivity index (χ1) is 20.4. The van der Waals surface area contributed by atoms with E-state index in [1.165, 1.54) is 45.4 Å². The highest BCUT2D eigenvalue weighted by molar-refractivity contribution is 7.09. The molecule has 4 aliphatic carbocycles. The molecule has 0 heterocycles. The molecule has 5 nitrogen and oxygen atoms in total. The van der Waals surface area contributed by atoms with Crippen molar-refractivity contribution >= 4 is 29.5 Å². The Balaban J connectivity index is 1.46. The van der Waals surface area contributed by atoms with E-state index in [0.717, 1.165) is 25.2 Å². The number of ether oxygens (including phenoxy) is 1. The molecule has 0 radical (unpaired) electrons. The van der Waals surface area contributed by atoms with Gasteiger partial charge in [0.2, 0.25) is 0 Å². The smallest absolute Gasteiger partial charge is 0.302 e.